The molecule has 29 heavy (non-hydrogen) atoms. The molecule has 9 heteroatoms. The number of nitrogens with zero attached hydrogens (tertiary/aromatic N) is 6. The molecule has 152 valence electrons. The SMILES string of the molecule is Cc1ccccc1-c1noc(CC(=O)N2CCN(c3nnc(C(C)C)o3)CC2)n1. The van der Waals surface area contributed by atoms with Crippen molar-refractivity contribution in [2.75, 3.05) is 31.1 Å². The van der Waals surface area contributed by atoms with Crippen LogP contribution in [0.2, 0.25) is 0 Å². The van der Waals surface area contributed by atoms with Crippen molar-refractivity contribution < 1.29 is 13.7 Å². The molecule has 1 saturated heterocycles. The number of carbonyl (C=O) groups is 1. The number of rotatable bonds is 5. The number of aromatic nitrogens is 4. The van der Waals surface area contributed by atoms with Crippen molar-refractivity contribution in [3.63, 3.8) is 0 Å². The number of hydrogen-bond acceptors (Lipinski definition) is 8. The molecule has 9 nitrogen and oxygen atoms in total. The predicted molar refractivity (Wildman–Crippen MR) is 105 cm³/mol. The molecule has 0 saturated carbocycles. The number of piperazine rings is 1. The minimum absolute atomic E-state index is 0.0296. The van der Waals surface area contributed by atoms with E-state index in [1.165, 1.54) is 0 Å². The number of carbonyl (C=O) groups excluding carboxylic acids is 1. The molecule has 3 heterocycles. The summed E-state index contributed by atoms with van der Waals surface area (Å²) in [7, 11) is 0. The summed E-state index contributed by atoms with van der Waals surface area (Å²) in [5.41, 5.74) is 1.97. The van der Waals surface area contributed by atoms with Crippen LogP contribution in [-0.4, -0.2) is 57.3 Å². The third-order valence-electron chi connectivity index (χ3n) is 4.98. The minimum atomic E-state index is -0.0296. The fourth-order valence-electron chi connectivity index (χ4n) is 3.24. The van der Waals surface area contributed by atoms with Crippen LogP contribution in [0.1, 0.15) is 37.1 Å². The van der Waals surface area contributed by atoms with Crippen molar-refractivity contribution in [2.45, 2.75) is 33.1 Å². The van der Waals surface area contributed by atoms with Crippen molar-refractivity contribution in [1.29, 1.82) is 0 Å². The van der Waals surface area contributed by atoms with E-state index < -0.39 is 0 Å². The Kier molecular flexibility index (Phi) is 5.28. The monoisotopic (exact) mass is 396 g/mol. The first-order valence-electron chi connectivity index (χ1n) is 9.76. The fourth-order valence-corrected chi connectivity index (χ4v) is 3.24. The molecule has 4 rings (SSSR count). The van der Waals surface area contributed by atoms with Crippen LogP contribution in [0.25, 0.3) is 11.4 Å². The number of amides is 1. The molecule has 3 aromatic rings. The summed E-state index contributed by atoms with van der Waals surface area (Å²) in [5.74, 6) is 1.62. The molecule has 1 amide bonds. The van der Waals surface area contributed by atoms with Crippen LogP contribution in [0.4, 0.5) is 6.01 Å². The van der Waals surface area contributed by atoms with Gasteiger partial charge in [0.2, 0.25) is 23.5 Å². The Morgan fingerprint density at radius 3 is 2.59 bits per heavy atom. The van der Waals surface area contributed by atoms with Crippen molar-refractivity contribution in [3.05, 3.63) is 41.6 Å². The second kappa shape index (κ2) is 8.02. The maximum absolute atomic E-state index is 12.6. The number of anilines is 1. The van der Waals surface area contributed by atoms with Crippen LogP contribution in [0.3, 0.4) is 0 Å². The summed E-state index contributed by atoms with van der Waals surface area (Å²) in [5, 5.41) is 12.2. The Labute approximate surface area is 168 Å². The van der Waals surface area contributed by atoms with E-state index in [2.05, 4.69) is 20.3 Å². The van der Waals surface area contributed by atoms with Gasteiger partial charge in [-0.3, -0.25) is 4.79 Å². The predicted octanol–water partition coefficient (Wildman–Crippen LogP) is 2.44. The van der Waals surface area contributed by atoms with Gasteiger partial charge in [0.25, 0.3) is 0 Å². The molecule has 2 aromatic heterocycles. The molecule has 0 bridgehead atoms. The highest BCUT2D eigenvalue weighted by Gasteiger charge is 2.26. The van der Waals surface area contributed by atoms with Crippen LogP contribution < -0.4 is 4.90 Å². The van der Waals surface area contributed by atoms with Gasteiger partial charge in [0.15, 0.2) is 0 Å². The van der Waals surface area contributed by atoms with E-state index in [9.17, 15) is 4.79 Å². The van der Waals surface area contributed by atoms with Crippen molar-refractivity contribution in [3.8, 4) is 11.4 Å². The quantitative estimate of drug-likeness (QED) is 0.648. The largest absolute Gasteiger partial charge is 0.408 e. The summed E-state index contributed by atoms with van der Waals surface area (Å²) in [6.07, 6.45) is 0.0942. The average Bonchev–Trinajstić information content (AvgIpc) is 3.38. The van der Waals surface area contributed by atoms with Crippen LogP contribution in [0, 0.1) is 6.92 Å². The molecule has 1 fully saturated rings. The lowest BCUT2D eigenvalue weighted by Gasteiger charge is -2.33. The highest BCUT2D eigenvalue weighted by molar-refractivity contribution is 5.78. The average molecular weight is 396 g/mol. The van der Waals surface area contributed by atoms with E-state index in [0.717, 1.165) is 11.1 Å². The Morgan fingerprint density at radius 2 is 1.90 bits per heavy atom. The lowest BCUT2D eigenvalue weighted by atomic mass is 10.1. The standard InChI is InChI=1S/C20H24N6O3/c1-13(2)19-22-23-20(28-19)26-10-8-25(9-11-26)17(27)12-16-21-18(24-29-16)15-7-5-4-6-14(15)3/h4-7,13H,8-12H2,1-3H3. The highest BCUT2D eigenvalue weighted by atomic mass is 16.5. The van der Waals surface area contributed by atoms with Crippen molar-refractivity contribution in [1.82, 2.24) is 25.2 Å². The molecular weight excluding hydrogens is 372 g/mol. The van der Waals surface area contributed by atoms with E-state index in [4.69, 9.17) is 8.94 Å². The second-order valence-electron chi connectivity index (χ2n) is 7.45. The molecular formula is C20H24N6O3. The summed E-state index contributed by atoms with van der Waals surface area (Å²) in [4.78, 5) is 20.8. The highest BCUT2D eigenvalue weighted by Crippen LogP contribution is 2.21. The van der Waals surface area contributed by atoms with Gasteiger partial charge in [-0.05, 0) is 12.5 Å². The van der Waals surface area contributed by atoms with Gasteiger partial charge in [-0.25, -0.2) is 0 Å². The molecule has 0 atom stereocenters. The molecule has 0 aliphatic carbocycles. The van der Waals surface area contributed by atoms with E-state index in [1.54, 1.807) is 4.90 Å². The molecule has 0 N–H and O–H groups in total. The van der Waals surface area contributed by atoms with Crippen LogP contribution in [0.15, 0.2) is 33.2 Å². The Balaban J connectivity index is 1.34. The number of benzene rings is 1. The molecule has 1 aliphatic rings. The van der Waals surface area contributed by atoms with Gasteiger partial charge in [-0.1, -0.05) is 48.4 Å². The smallest absolute Gasteiger partial charge is 0.318 e. The molecule has 0 radical (unpaired) electrons. The lowest BCUT2D eigenvalue weighted by molar-refractivity contribution is -0.131. The molecule has 0 spiro atoms. The Morgan fingerprint density at radius 1 is 1.14 bits per heavy atom. The van der Waals surface area contributed by atoms with Gasteiger partial charge in [0, 0.05) is 37.7 Å². The number of aryl methyl sites for hydroxylation is 1. The zero-order valence-corrected chi connectivity index (χ0v) is 16.8. The topological polar surface area (TPSA) is 101 Å². The third kappa shape index (κ3) is 4.13. The first-order valence-corrected chi connectivity index (χ1v) is 9.76. The zero-order valence-electron chi connectivity index (χ0n) is 16.8. The fraction of sp³-hybridized carbons (Fsp3) is 0.450. The van der Waals surface area contributed by atoms with Gasteiger partial charge in [0.1, 0.15) is 6.42 Å². The first-order chi connectivity index (χ1) is 14.0. The van der Waals surface area contributed by atoms with Gasteiger partial charge in [-0.2, -0.15) is 4.98 Å². The van der Waals surface area contributed by atoms with Crippen LogP contribution >= 0.6 is 0 Å². The normalized spacial score (nSPS) is 14.6. The van der Waals surface area contributed by atoms with Crippen molar-refractivity contribution in [2.24, 2.45) is 0 Å². The van der Waals surface area contributed by atoms with Crippen LogP contribution in [-0.2, 0) is 11.2 Å². The van der Waals surface area contributed by atoms with Crippen molar-refractivity contribution >= 4 is 11.9 Å². The summed E-state index contributed by atoms with van der Waals surface area (Å²) in [6, 6.07) is 8.33. The second-order valence-corrected chi connectivity index (χ2v) is 7.45. The van der Waals surface area contributed by atoms with E-state index in [0.29, 0.717) is 49.8 Å². The van der Waals surface area contributed by atoms with Gasteiger partial charge in [-0.15, -0.1) is 5.10 Å². The molecule has 1 aromatic carbocycles. The zero-order chi connectivity index (χ0) is 20.4. The van der Waals surface area contributed by atoms with Gasteiger partial charge >= 0.3 is 6.01 Å². The van der Waals surface area contributed by atoms with Gasteiger partial charge in [0.05, 0.1) is 0 Å². The Hall–Kier alpha value is -3.23. The minimum Gasteiger partial charge on any atom is -0.408 e. The van der Waals surface area contributed by atoms with Crippen LogP contribution in [0.5, 0.6) is 0 Å². The maximum atomic E-state index is 12.6. The van der Waals surface area contributed by atoms with E-state index in [1.807, 2.05) is 49.9 Å². The van der Waals surface area contributed by atoms with E-state index >= 15 is 0 Å². The first kappa shape index (κ1) is 19.1. The van der Waals surface area contributed by atoms with Gasteiger partial charge < -0.3 is 18.7 Å². The molecule has 0 unspecified atom stereocenters. The summed E-state index contributed by atoms with van der Waals surface area (Å²) < 4.78 is 11.0. The third-order valence-corrected chi connectivity index (χ3v) is 4.98. The maximum Gasteiger partial charge on any atom is 0.318 e. The molecule has 1 aliphatic heterocycles. The van der Waals surface area contributed by atoms with E-state index in [-0.39, 0.29) is 18.2 Å². The Bertz CT molecular complexity index is 988. The summed E-state index contributed by atoms with van der Waals surface area (Å²) >= 11 is 0. The lowest BCUT2D eigenvalue weighted by Crippen LogP contribution is -2.49. The number of hydrogen-bond donors (Lipinski definition) is 0. The summed E-state index contributed by atoms with van der Waals surface area (Å²) in [6.45, 7) is 8.46.